The van der Waals surface area contributed by atoms with Crippen LogP contribution in [0.5, 0.6) is 11.5 Å². The van der Waals surface area contributed by atoms with Crippen molar-refractivity contribution in [1.82, 2.24) is 4.72 Å². The van der Waals surface area contributed by atoms with Crippen LogP contribution < -0.4 is 19.5 Å². The third-order valence-electron chi connectivity index (χ3n) is 4.15. The van der Waals surface area contributed by atoms with E-state index in [1.54, 1.807) is 6.07 Å². The van der Waals surface area contributed by atoms with Gasteiger partial charge in [-0.15, -0.1) is 0 Å². The maximum atomic E-state index is 12.8. The van der Waals surface area contributed by atoms with E-state index in [9.17, 15) is 13.2 Å². The first-order chi connectivity index (χ1) is 12.0. The van der Waals surface area contributed by atoms with E-state index in [1.165, 1.54) is 12.1 Å². The van der Waals surface area contributed by atoms with Crippen LogP contribution in [0.15, 0.2) is 47.4 Å². The van der Waals surface area contributed by atoms with Gasteiger partial charge in [0, 0.05) is 12.0 Å². The lowest BCUT2D eigenvalue weighted by Gasteiger charge is -2.26. The number of hydrogen-bond acceptors (Lipinski definition) is 5. The van der Waals surface area contributed by atoms with Gasteiger partial charge in [-0.25, -0.2) is 13.1 Å². The SMILES string of the molecule is O=C1COc2ccc(S(=O)(=O)N[C@@H]3CCOc4ccccc43)cc2N1. The van der Waals surface area contributed by atoms with Gasteiger partial charge in [0.1, 0.15) is 11.5 Å². The molecule has 1 atom stereocenters. The summed E-state index contributed by atoms with van der Waals surface area (Å²) in [6.45, 7) is 0.370. The van der Waals surface area contributed by atoms with E-state index in [-0.39, 0.29) is 23.5 Å². The number of amides is 1. The molecule has 0 unspecified atom stereocenters. The van der Waals surface area contributed by atoms with Crippen LogP contribution in [-0.4, -0.2) is 27.5 Å². The van der Waals surface area contributed by atoms with Crippen LogP contribution in [0.3, 0.4) is 0 Å². The molecular weight excluding hydrogens is 344 g/mol. The molecule has 2 N–H and O–H groups in total. The molecule has 1 amide bonds. The molecule has 0 aromatic heterocycles. The fourth-order valence-electron chi connectivity index (χ4n) is 2.95. The van der Waals surface area contributed by atoms with Gasteiger partial charge in [0.05, 0.1) is 23.2 Å². The van der Waals surface area contributed by atoms with Crippen molar-refractivity contribution in [3.05, 3.63) is 48.0 Å². The molecule has 2 aliphatic rings. The van der Waals surface area contributed by atoms with Gasteiger partial charge in [-0.2, -0.15) is 0 Å². The maximum absolute atomic E-state index is 12.8. The van der Waals surface area contributed by atoms with Crippen LogP contribution in [0.1, 0.15) is 18.0 Å². The zero-order chi connectivity index (χ0) is 17.4. The Morgan fingerprint density at radius 1 is 1.08 bits per heavy atom. The fourth-order valence-corrected chi connectivity index (χ4v) is 4.22. The first-order valence-corrected chi connectivity index (χ1v) is 9.32. The minimum Gasteiger partial charge on any atom is -0.493 e. The predicted octanol–water partition coefficient (Wildman–Crippen LogP) is 1.82. The number of hydrogen-bond donors (Lipinski definition) is 2. The van der Waals surface area contributed by atoms with Gasteiger partial charge < -0.3 is 14.8 Å². The molecule has 0 saturated carbocycles. The number of carbonyl (C=O) groups is 1. The topological polar surface area (TPSA) is 93.7 Å². The number of para-hydroxylation sites is 1. The summed E-state index contributed by atoms with van der Waals surface area (Å²) in [4.78, 5) is 11.5. The molecule has 0 saturated heterocycles. The van der Waals surface area contributed by atoms with Crippen molar-refractivity contribution in [2.75, 3.05) is 18.5 Å². The quantitative estimate of drug-likeness (QED) is 0.871. The number of carbonyl (C=O) groups excluding carboxylic acids is 1. The highest BCUT2D eigenvalue weighted by molar-refractivity contribution is 7.89. The highest BCUT2D eigenvalue weighted by atomic mass is 32.2. The zero-order valence-electron chi connectivity index (χ0n) is 13.2. The maximum Gasteiger partial charge on any atom is 0.262 e. The van der Waals surface area contributed by atoms with Gasteiger partial charge in [0.25, 0.3) is 5.91 Å². The van der Waals surface area contributed by atoms with Gasteiger partial charge in [-0.1, -0.05) is 18.2 Å². The monoisotopic (exact) mass is 360 g/mol. The summed E-state index contributed by atoms with van der Waals surface area (Å²) in [6.07, 6.45) is 0.543. The summed E-state index contributed by atoms with van der Waals surface area (Å²) >= 11 is 0. The molecular formula is C17H16N2O5S. The molecule has 2 aromatic rings. The molecule has 0 radical (unpaired) electrons. The summed E-state index contributed by atoms with van der Waals surface area (Å²) in [5.74, 6) is 0.830. The van der Waals surface area contributed by atoms with Crippen LogP contribution in [0, 0.1) is 0 Å². The lowest BCUT2D eigenvalue weighted by atomic mass is 10.0. The van der Waals surface area contributed by atoms with Crippen molar-refractivity contribution in [2.24, 2.45) is 0 Å². The van der Waals surface area contributed by atoms with E-state index in [0.717, 1.165) is 5.56 Å². The highest BCUT2D eigenvalue weighted by Gasteiger charge is 2.27. The fraction of sp³-hybridized carbons (Fsp3) is 0.235. The Kier molecular flexibility index (Phi) is 3.85. The lowest BCUT2D eigenvalue weighted by Crippen LogP contribution is -2.32. The molecule has 0 bridgehead atoms. The second kappa shape index (κ2) is 6.05. The number of benzene rings is 2. The van der Waals surface area contributed by atoms with E-state index in [2.05, 4.69) is 10.0 Å². The first-order valence-electron chi connectivity index (χ1n) is 7.84. The third kappa shape index (κ3) is 3.06. The van der Waals surface area contributed by atoms with Gasteiger partial charge in [-0.05, 0) is 24.3 Å². The summed E-state index contributed by atoms with van der Waals surface area (Å²) in [6, 6.07) is 11.4. The minimum absolute atomic E-state index is 0.0704. The van der Waals surface area contributed by atoms with E-state index in [0.29, 0.717) is 30.2 Å². The van der Waals surface area contributed by atoms with Crippen LogP contribution in [0.25, 0.3) is 0 Å². The second-order valence-electron chi connectivity index (χ2n) is 5.84. The molecule has 0 aliphatic carbocycles. The number of sulfonamides is 1. The van der Waals surface area contributed by atoms with Crippen molar-refractivity contribution in [3.63, 3.8) is 0 Å². The molecule has 2 heterocycles. The number of anilines is 1. The molecule has 25 heavy (non-hydrogen) atoms. The summed E-state index contributed by atoms with van der Waals surface area (Å²) in [7, 11) is -3.77. The van der Waals surface area contributed by atoms with Crippen molar-refractivity contribution in [3.8, 4) is 11.5 Å². The Balaban J connectivity index is 1.63. The highest BCUT2D eigenvalue weighted by Crippen LogP contribution is 2.34. The number of rotatable bonds is 3. The number of fused-ring (bicyclic) bond motifs is 2. The van der Waals surface area contributed by atoms with E-state index < -0.39 is 10.0 Å². The molecule has 0 spiro atoms. The molecule has 4 rings (SSSR count). The van der Waals surface area contributed by atoms with Crippen LogP contribution in [0.2, 0.25) is 0 Å². The Morgan fingerprint density at radius 2 is 1.92 bits per heavy atom. The van der Waals surface area contributed by atoms with Crippen LogP contribution >= 0.6 is 0 Å². The van der Waals surface area contributed by atoms with Crippen molar-refractivity contribution >= 4 is 21.6 Å². The Hall–Kier alpha value is -2.58. The van der Waals surface area contributed by atoms with Crippen LogP contribution in [-0.2, 0) is 14.8 Å². The van der Waals surface area contributed by atoms with Gasteiger partial charge in [0.2, 0.25) is 10.0 Å². The standard InChI is InChI=1S/C17H16N2O5S/c20-17-10-24-16-6-5-11(9-14(16)18-17)25(21,22)19-13-7-8-23-15-4-2-1-3-12(13)15/h1-6,9,13,19H,7-8,10H2,(H,18,20)/t13-/m1/s1. The normalized spacial score (nSPS) is 19.0. The Labute approximate surface area is 145 Å². The Bertz CT molecular complexity index is 942. The summed E-state index contributed by atoms with van der Waals surface area (Å²) in [5, 5.41) is 2.62. The molecule has 2 aliphatic heterocycles. The number of nitrogens with one attached hydrogen (secondary N) is 2. The average molecular weight is 360 g/mol. The molecule has 130 valence electrons. The smallest absolute Gasteiger partial charge is 0.262 e. The minimum atomic E-state index is -3.77. The largest absolute Gasteiger partial charge is 0.493 e. The second-order valence-corrected chi connectivity index (χ2v) is 7.56. The first kappa shape index (κ1) is 15.9. The van der Waals surface area contributed by atoms with E-state index in [1.807, 2.05) is 24.3 Å². The van der Waals surface area contributed by atoms with Crippen molar-refractivity contribution in [2.45, 2.75) is 17.4 Å². The van der Waals surface area contributed by atoms with Gasteiger partial charge in [-0.3, -0.25) is 4.79 Å². The average Bonchev–Trinajstić information content (AvgIpc) is 2.61. The molecule has 0 fully saturated rings. The van der Waals surface area contributed by atoms with Gasteiger partial charge in [0.15, 0.2) is 6.61 Å². The van der Waals surface area contributed by atoms with Gasteiger partial charge >= 0.3 is 0 Å². The van der Waals surface area contributed by atoms with Crippen LogP contribution in [0.4, 0.5) is 5.69 Å². The zero-order valence-corrected chi connectivity index (χ0v) is 14.0. The molecule has 7 nitrogen and oxygen atoms in total. The van der Waals surface area contributed by atoms with Crippen molar-refractivity contribution in [1.29, 1.82) is 0 Å². The summed E-state index contributed by atoms with van der Waals surface area (Å²) in [5.41, 5.74) is 1.17. The Morgan fingerprint density at radius 3 is 2.80 bits per heavy atom. The van der Waals surface area contributed by atoms with E-state index >= 15 is 0 Å². The summed E-state index contributed by atoms with van der Waals surface area (Å²) < 4.78 is 39.1. The predicted molar refractivity (Wildman–Crippen MR) is 90.2 cm³/mol. The van der Waals surface area contributed by atoms with E-state index in [4.69, 9.17) is 9.47 Å². The lowest BCUT2D eigenvalue weighted by molar-refractivity contribution is -0.118. The molecule has 8 heteroatoms. The van der Waals surface area contributed by atoms with Crippen molar-refractivity contribution < 1.29 is 22.7 Å². The molecule has 2 aromatic carbocycles. The number of ether oxygens (including phenoxy) is 2. The third-order valence-corrected chi connectivity index (χ3v) is 5.62.